The molecule has 0 aliphatic heterocycles. The molecule has 4 nitrogen and oxygen atoms in total. The smallest absolute Gasteiger partial charge is 0.350 e. The van der Waals surface area contributed by atoms with Crippen molar-refractivity contribution >= 4 is 11.9 Å². The molecule has 0 rings (SSSR count). The van der Waals surface area contributed by atoms with Crippen LogP contribution < -0.4 is 0 Å². The summed E-state index contributed by atoms with van der Waals surface area (Å²) in [5.74, 6) is -1.23. The van der Waals surface area contributed by atoms with Crippen molar-refractivity contribution in [2.24, 2.45) is 0 Å². The lowest BCUT2D eigenvalue weighted by atomic mass is 10.1. The Balaban J connectivity index is 4.40. The van der Waals surface area contributed by atoms with Crippen molar-refractivity contribution in [3.63, 3.8) is 0 Å². The van der Waals surface area contributed by atoms with E-state index in [1.165, 1.54) is 26.8 Å². The van der Waals surface area contributed by atoms with Gasteiger partial charge in [-0.15, -0.1) is 0 Å². The van der Waals surface area contributed by atoms with Gasteiger partial charge in [0.05, 0.1) is 0 Å². The number of ether oxygens (including phenoxy) is 2. The Hall–Kier alpha value is -1.58. The SMILES string of the molecule is C=CCOC(=O)C(C)(C)OC(=O)C(=C)C. The fourth-order valence-corrected chi connectivity index (χ4v) is 0.669. The van der Waals surface area contributed by atoms with Gasteiger partial charge < -0.3 is 9.47 Å². The summed E-state index contributed by atoms with van der Waals surface area (Å²) in [6, 6.07) is 0. The van der Waals surface area contributed by atoms with Crippen LogP contribution in [0.15, 0.2) is 24.8 Å². The first-order chi connectivity index (χ1) is 6.81. The molecule has 0 aromatic carbocycles. The lowest BCUT2D eigenvalue weighted by Crippen LogP contribution is -2.39. The first-order valence-corrected chi connectivity index (χ1v) is 4.48. The summed E-state index contributed by atoms with van der Waals surface area (Å²) in [7, 11) is 0. The predicted molar refractivity (Wildman–Crippen MR) is 56.1 cm³/mol. The van der Waals surface area contributed by atoms with Gasteiger partial charge in [0.1, 0.15) is 6.61 Å². The lowest BCUT2D eigenvalue weighted by Gasteiger charge is -2.22. The van der Waals surface area contributed by atoms with E-state index in [0.29, 0.717) is 0 Å². The minimum atomic E-state index is -1.31. The minimum Gasteiger partial charge on any atom is -0.459 e. The minimum absolute atomic E-state index is 0.0902. The molecule has 0 saturated carbocycles. The topological polar surface area (TPSA) is 52.6 Å². The number of carbonyl (C=O) groups excluding carboxylic acids is 2. The summed E-state index contributed by atoms with van der Waals surface area (Å²) in [6.07, 6.45) is 1.44. The van der Waals surface area contributed by atoms with E-state index in [9.17, 15) is 9.59 Å². The molecule has 0 radical (unpaired) electrons. The molecule has 0 aromatic heterocycles. The maximum atomic E-state index is 11.4. The normalized spacial score (nSPS) is 10.3. The van der Waals surface area contributed by atoms with Crippen molar-refractivity contribution in [2.45, 2.75) is 26.4 Å². The van der Waals surface area contributed by atoms with Crippen molar-refractivity contribution in [3.8, 4) is 0 Å². The molecule has 0 heterocycles. The molecule has 84 valence electrons. The van der Waals surface area contributed by atoms with Crippen molar-refractivity contribution in [2.75, 3.05) is 6.61 Å². The third-order valence-electron chi connectivity index (χ3n) is 1.52. The van der Waals surface area contributed by atoms with Crippen LogP contribution in [-0.2, 0) is 19.1 Å². The summed E-state index contributed by atoms with van der Waals surface area (Å²) in [5.41, 5.74) is -1.07. The van der Waals surface area contributed by atoms with Gasteiger partial charge >= 0.3 is 11.9 Å². The van der Waals surface area contributed by atoms with Crippen LogP contribution in [0.25, 0.3) is 0 Å². The summed E-state index contributed by atoms with van der Waals surface area (Å²) in [4.78, 5) is 22.6. The van der Waals surface area contributed by atoms with E-state index in [1.807, 2.05) is 0 Å². The fourth-order valence-electron chi connectivity index (χ4n) is 0.669. The van der Waals surface area contributed by atoms with Crippen LogP contribution in [0.1, 0.15) is 20.8 Å². The van der Waals surface area contributed by atoms with E-state index >= 15 is 0 Å². The van der Waals surface area contributed by atoms with Crippen LogP contribution in [0.5, 0.6) is 0 Å². The second-order valence-electron chi connectivity index (χ2n) is 3.57. The first-order valence-electron chi connectivity index (χ1n) is 4.48. The average Bonchev–Trinajstić information content (AvgIpc) is 2.13. The molecule has 0 fully saturated rings. The van der Waals surface area contributed by atoms with E-state index in [4.69, 9.17) is 9.47 Å². The van der Waals surface area contributed by atoms with Gasteiger partial charge in [-0.05, 0) is 20.8 Å². The van der Waals surface area contributed by atoms with Crippen molar-refractivity contribution in [1.82, 2.24) is 0 Å². The van der Waals surface area contributed by atoms with Gasteiger partial charge in [-0.2, -0.15) is 0 Å². The Morgan fingerprint density at radius 3 is 2.33 bits per heavy atom. The van der Waals surface area contributed by atoms with Gasteiger partial charge in [0.25, 0.3) is 0 Å². The second-order valence-corrected chi connectivity index (χ2v) is 3.57. The molecule has 0 spiro atoms. The van der Waals surface area contributed by atoms with Crippen LogP contribution in [0.4, 0.5) is 0 Å². The van der Waals surface area contributed by atoms with E-state index in [2.05, 4.69) is 13.2 Å². The molecular formula is C11H16O4. The van der Waals surface area contributed by atoms with Crippen molar-refractivity contribution < 1.29 is 19.1 Å². The largest absolute Gasteiger partial charge is 0.459 e. The Bertz CT molecular complexity index is 289. The van der Waals surface area contributed by atoms with Gasteiger partial charge in [-0.25, -0.2) is 9.59 Å². The zero-order chi connectivity index (χ0) is 12.1. The zero-order valence-electron chi connectivity index (χ0n) is 9.33. The highest BCUT2D eigenvalue weighted by Crippen LogP contribution is 2.13. The van der Waals surface area contributed by atoms with Crippen LogP contribution in [0, 0.1) is 0 Å². The van der Waals surface area contributed by atoms with E-state index in [-0.39, 0.29) is 12.2 Å². The van der Waals surface area contributed by atoms with Crippen molar-refractivity contribution in [3.05, 3.63) is 24.8 Å². The third kappa shape index (κ3) is 4.44. The van der Waals surface area contributed by atoms with Gasteiger partial charge in [0.2, 0.25) is 5.60 Å². The number of carbonyl (C=O) groups is 2. The van der Waals surface area contributed by atoms with Crippen LogP contribution in [-0.4, -0.2) is 24.1 Å². The third-order valence-corrected chi connectivity index (χ3v) is 1.52. The Kier molecular flexibility index (Phi) is 4.78. The Morgan fingerprint density at radius 1 is 1.40 bits per heavy atom. The molecule has 0 bridgehead atoms. The quantitative estimate of drug-likeness (QED) is 0.394. The van der Waals surface area contributed by atoms with Crippen molar-refractivity contribution in [1.29, 1.82) is 0 Å². The molecule has 0 N–H and O–H groups in total. The Labute approximate surface area is 89.6 Å². The number of hydrogen-bond donors (Lipinski definition) is 0. The highest BCUT2D eigenvalue weighted by molar-refractivity contribution is 5.90. The zero-order valence-corrected chi connectivity index (χ0v) is 9.33. The molecule has 15 heavy (non-hydrogen) atoms. The Morgan fingerprint density at radius 2 is 1.93 bits per heavy atom. The molecule has 0 aliphatic rings. The fraction of sp³-hybridized carbons (Fsp3) is 0.455. The summed E-state index contributed by atoms with van der Waals surface area (Å²) >= 11 is 0. The predicted octanol–water partition coefficient (Wildman–Crippen LogP) is 1.61. The molecule has 0 aromatic rings. The van der Waals surface area contributed by atoms with E-state index in [1.54, 1.807) is 0 Å². The monoisotopic (exact) mass is 212 g/mol. The summed E-state index contributed by atoms with van der Waals surface area (Å²) in [6.45, 7) is 11.3. The maximum Gasteiger partial charge on any atom is 0.350 e. The van der Waals surface area contributed by atoms with E-state index < -0.39 is 17.5 Å². The van der Waals surface area contributed by atoms with E-state index in [0.717, 1.165) is 0 Å². The van der Waals surface area contributed by atoms with Crippen LogP contribution in [0.3, 0.4) is 0 Å². The maximum absolute atomic E-state index is 11.4. The molecule has 4 heteroatoms. The highest BCUT2D eigenvalue weighted by Gasteiger charge is 2.33. The molecule has 0 aliphatic carbocycles. The summed E-state index contributed by atoms with van der Waals surface area (Å²) < 4.78 is 9.68. The molecule has 0 saturated heterocycles. The number of hydrogen-bond acceptors (Lipinski definition) is 4. The van der Waals surface area contributed by atoms with Crippen LogP contribution >= 0.6 is 0 Å². The number of rotatable bonds is 5. The number of esters is 2. The molecule has 0 amide bonds. The highest BCUT2D eigenvalue weighted by atomic mass is 16.6. The molecule has 0 unspecified atom stereocenters. The second kappa shape index (κ2) is 5.34. The van der Waals surface area contributed by atoms with Gasteiger partial charge in [0.15, 0.2) is 0 Å². The first kappa shape index (κ1) is 13.4. The van der Waals surface area contributed by atoms with Crippen LogP contribution in [0.2, 0.25) is 0 Å². The van der Waals surface area contributed by atoms with Gasteiger partial charge in [-0.3, -0.25) is 0 Å². The standard InChI is InChI=1S/C11H16O4/c1-6-7-14-10(13)11(4,5)15-9(12)8(2)3/h6H,1-2,7H2,3-5H3. The molecule has 0 atom stereocenters. The summed E-state index contributed by atoms with van der Waals surface area (Å²) in [5, 5.41) is 0. The average molecular weight is 212 g/mol. The lowest BCUT2D eigenvalue weighted by molar-refractivity contribution is -0.175. The molecular weight excluding hydrogens is 196 g/mol. The van der Waals surface area contributed by atoms with Gasteiger partial charge in [-0.1, -0.05) is 19.2 Å². The van der Waals surface area contributed by atoms with Gasteiger partial charge in [0, 0.05) is 5.57 Å².